The molecule has 0 saturated heterocycles. The number of carbonyl (C=O) groups excluding carboxylic acids is 2. The van der Waals surface area contributed by atoms with Crippen LogP contribution in [-0.4, -0.2) is 11.6 Å². The Kier molecular flexibility index (Phi) is 4.04. The lowest BCUT2D eigenvalue weighted by Crippen LogP contribution is -2.04. The normalized spacial score (nSPS) is 10.6. The monoisotopic (exact) mass is 354 g/mol. The molecule has 0 aromatic carbocycles. The van der Waals surface area contributed by atoms with Gasteiger partial charge in [0.25, 0.3) is 0 Å². The molecule has 0 unspecified atom stereocenters. The summed E-state index contributed by atoms with van der Waals surface area (Å²) >= 11 is 10.3. The highest BCUT2D eigenvalue weighted by atomic mass is 32.2. The van der Waals surface area contributed by atoms with Gasteiger partial charge in [-0.25, -0.2) is 0 Å². The summed E-state index contributed by atoms with van der Waals surface area (Å²) in [4.78, 5) is 27.1. The van der Waals surface area contributed by atoms with Crippen molar-refractivity contribution in [3.05, 3.63) is 57.7 Å². The highest BCUT2D eigenvalue weighted by Crippen LogP contribution is 2.31. The summed E-state index contributed by atoms with van der Waals surface area (Å²) in [6.45, 7) is 0. The molecule has 0 N–H and O–H groups in total. The van der Waals surface area contributed by atoms with Crippen LogP contribution in [0.15, 0.2) is 35.0 Å². The molecule has 0 atom stereocenters. The highest BCUT2D eigenvalue weighted by molar-refractivity contribution is 7.76. The Morgan fingerprint density at radius 3 is 1.65 bits per heavy atom. The maximum Gasteiger partial charge on any atom is 0.214 e. The van der Waals surface area contributed by atoms with Gasteiger partial charge in [0.1, 0.15) is 3.14 Å². The van der Waals surface area contributed by atoms with E-state index in [1.165, 1.54) is 45.3 Å². The van der Waals surface area contributed by atoms with Crippen molar-refractivity contribution in [1.29, 1.82) is 0 Å². The number of thiophene rings is 2. The van der Waals surface area contributed by atoms with Gasteiger partial charge >= 0.3 is 0 Å². The van der Waals surface area contributed by atoms with Gasteiger partial charge in [-0.15, -0.1) is 45.3 Å². The first-order chi connectivity index (χ1) is 9.66. The van der Waals surface area contributed by atoms with Crippen LogP contribution in [0.1, 0.15) is 29.1 Å². The highest BCUT2D eigenvalue weighted by Gasteiger charge is 2.24. The third-order valence-corrected chi connectivity index (χ3v) is 6.87. The van der Waals surface area contributed by atoms with E-state index in [4.69, 9.17) is 12.2 Å². The number of carbonyl (C=O) groups is 2. The molecule has 0 bridgehead atoms. The molecule has 0 aliphatic carbocycles. The molecule has 0 aliphatic heterocycles. The Bertz CT molecular complexity index is 739. The lowest BCUT2D eigenvalue weighted by Gasteiger charge is -1.98. The van der Waals surface area contributed by atoms with Gasteiger partial charge in [-0.3, -0.25) is 9.59 Å². The number of hydrogen-bond donors (Lipinski definition) is 0. The van der Waals surface area contributed by atoms with Crippen LogP contribution in [-0.2, 0) is 0 Å². The molecule has 0 saturated carbocycles. The van der Waals surface area contributed by atoms with Gasteiger partial charge in [0.15, 0.2) is 0 Å². The predicted molar refractivity (Wildman–Crippen MR) is 88.5 cm³/mol. The zero-order valence-corrected chi connectivity index (χ0v) is 13.9. The van der Waals surface area contributed by atoms with Crippen LogP contribution in [0.5, 0.6) is 0 Å². The van der Waals surface area contributed by atoms with Crippen molar-refractivity contribution in [2.75, 3.05) is 0 Å². The van der Waals surface area contributed by atoms with E-state index in [2.05, 4.69) is 0 Å². The van der Waals surface area contributed by atoms with E-state index in [0.717, 1.165) is 0 Å². The predicted octanol–water partition coefficient (Wildman–Crippen LogP) is 5.12. The Labute approximate surface area is 136 Å². The molecule has 3 aromatic rings. The maximum absolute atomic E-state index is 12.4. The third-order valence-electron chi connectivity index (χ3n) is 2.48. The Morgan fingerprint density at radius 1 is 0.850 bits per heavy atom. The number of rotatable bonds is 4. The van der Waals surface area contributed by atoms with Crippen LogP contribution in [0.2, 0.25) is 0 Å². The second-order valence-corrected chi connectivity index (χ2v) is 8.85. The fraction of sp³-hybridized carbons (Fsp3) is 0. The minimum atomic E-state index is -0.114. The average molecular weight is 355 g/mol. The Balaban J connectivity index is 2.07. The largest absolute Gasteiger partial charge is 0.287 e. The molecule has 0 radical (unpaired) electrons. The molecular formula is C13H6O2S5. The van der Waals surface area contributed by atoms with Crippen molar-refractivity contribution >= 4 is 69.1 Å². The van der Waals surface area contributed by atoms with Crippen LogP contribution < -0.4 is 0 Å². The first-order valence-corrected chi connectivity index (χ1v) is 9.27. The molecule has 0 aliphatic rings. The average Bonchev–Trinajstić information content (AvgIpc) is 3.18. The van der Waals surface area contributed by atoms with Crippen molar-refractivity contribution < 1.29 is 9.59 Å². The van der Waals surface area contributed by atoms with Gasteiger partial charge in [0.2, 0.25) is 11.6 Å². The number of ketones is 2. The van der Waals surface area contributed by atoms with Crippen molar-refractivity contribution in [3.63, 3.8) is 0 Å². The second kappa shape index (κ2) is 5.79. The first-order valence-electron chi connectivity index (χ1n) is 5.47. The summed E-state index contributed by atoms with van der Waals surface area (Å²) < 4.78 is 0.602. The van der Waals surface area contributed by atoms with E-state index in [-0.39, 0.29) is 11.6 Å². The first kappa shape index (κ1) is 14.0. The lowest BCUT2D eigenvalue weighted by atomic mass is 10.2. The summed E-state index contributed by atoms with van der Waals surface area (Å²) in [6.07, 6.45) is 0. The molecule has 0 fully saturated rings. The topological polar surface area (TPSA) is 34.1 Å². The molecule has 7 heteroatoms. The smallest absolute Gasteiger partial charge is 0.214 e. The fourth-order valence-electron chi connectivity index (χ4n) is 1.62. The van der Waals surface area contributed by atoms with Gasteiger partial charge < -0.3 is 0 Å². The minimum absolute atomic E-state index is 0.114. The van der Waals surface area contributed by atoms with Gasteiger partial charge in [-0.2, -0.15) is 0 Å². The summed E-state index contributed by atoms with van der Waals surface area (Å²) in [5, 5.41) is 3.69. The van der Waals surface area contributed by atoms with Crippen LogP contribution in [0.4, 0.5) is 0 Å². The quantitative estimate of drug-likeness (QED) is 0.481. The van der Waals surface area contributed by atoms with Crippen molar-refractivity contribution in [3.8, 4) is 0 Å². The molecular weight excluding hydrogens is 348 g/mol. The molecule has 0 spiro atoms. The van der Waals surface area contributed by atoms with Crippen molar-refractivity contribution in [2.24, 2.45) is 0 Å². The van der Waals surface area contributed by atoms with Gasteiger partial charge in [0.05, 0.1) is 19.5 Å². The van der Waals surface area contributed by atoms with E-state index in [9.17, 15) is 9.59 Å². The number of hydrogen-bond acceptors (Lipinski definition) is 7. The van der Waals surface area contributed by atoms with E-state index in [1.54, 1.807) is 12.1 Å². The maximum atomic E-state index is 12.4. The van der Waals surface area contributed by atoms with Crippen LogP contribution in [0.3, 0.4) is 0 Å². The SMILES string of the molecule is O=C(c1cccs1)c1sc(=S)sc1C(=O)c1cccs1. The Hall–Kier alpha value is -0.990. The van der Waals surface area contributed by atoms with Crippen molar-refractivity contribution in [1.82, 2.24) is 0 Å². The zero-order chi connectivity index (χ0) is 14.1. The summed E-state index contributed by atoms with van der Waals surface area (Å²) in [5.41, 5.74) is 0. The van der Waals surface area contributed by atoms with Gasteiger partial charge in [-0.1, -0.05) is 24.4 Å². The minimum Gasteiger partial charge on any atom is -0.287 e. The molecule has 3 heterocycles. The second-order valence-electron chi connectivity index (χ2n) is 3.73. The fourth-order valence-corrected chi connectivity index (χ4v) is 5.61. The molecule has 100 valence electrons. The summed E-state index contributed by atoms with van der Waals surface area (Å²) in [7, 11) is 0. The Morgan fingerprint density at radius 2 is 1.30 bits per heavy atom. The van der Waals surface area contributed by atoms with Gasteiger partial charge in [-0.05, 0) is 22.9 Å². The summed E-state index contributed by atoms with van der Waals surface area (Å²) in [6, 6.07) is 7.17. The van der Waals surface area contributed by atoms with E-state index in [0.29, 0.717) is 22.6 Å². The van der Waals surface area contributed by atoms with E-state index in [1.807, 2.05) is 22.9 Å². The van der Waals surface area contributed by atoms with Gasteiger partial charge in [0, 0.05) is 0 Å². The third kappa shape index (κ3) is 2.59. The standard InChI is InChI=1S/C13H6O2S5/c14-9(7-3-1-5-17-7)11-12(20-13(16)19-11)10(15)8-4-2-6-18-8/h1-6H. The van der Waals surface area contributed by atoms with Crippen LogP contribution >= 0.6 is 57.6 Å². The molecule has 2 nitrogen and oxygen atoms in total. The molecule has 3 rings (SSSR count). The molecule has 3 aromatic heterocycles. The van der Waals surface area contributed by atoms with E-state index < -0.39 is 0 Å². The van der Waals surface area contributed by atoms with E-state index >= 15 is 0 Å². The lowest BCUT2D eigenvalue weighted by molar-refractivity contribution is 0.101. The summed E-state index contributed by atoms with van der Waals surface area (Å²) in [5.74, 6) is -0.227. The molecule has 20 heavy (non-hydrogen) atoms. The van der Waals surface area contributed by atoms with Crippen LogP contribution in [0, 0.1) is 3.14 Å². The van der Waals surface area contributed by atoms with Crippen LogP contribution in [0.25, 0.3) is 0 Å². The van der Waals surface area contributed by atoms with Crippen molar-refractivity contribution in [2.45, 2.75) is 0 Å². The molecule has 0 amide bonds. The zero-order valence-electron chi connectivity index (χ0n) is 9.82.